The van der Waals surface area contributed by atoms with Gasteiger partial charge in [-0.1, -0.05) is 32.1 Å². The summed E-state index contributed by atoms with van der Waals surface area (Å²) in [5.74, 6) is 0.963. The van der Waals surface area contributed by atoms with Crippen LogP contribution in [0.1, 0.15) is 43.5 Å². The molecular formula is C10H15IN2S. The maximum atomic E-state index is 4.39. The average Bonchev–Trinajstić information content (AvgIpc) is 2.63. The molecule has 1 aromatic heterocycles. The minimum atomic E-state index is 0.909. The molecule has 0 aromatic carbocycles. The van der Waals surface area contributed by atoms with Crippen LogP contribution in [0.4, 0.5) is 0 Å². The van der Waals surface area contributed by atoms with Crippen molar-refractivity contribution in [3.63, 3.8) is 0 Å². The topological polar surface area (TPSA) is 25.8 Å². The highest BCUT2D eigenvalue weighted by atomic mass is 127. The van der Waals surface area contributed by atoms with Gasteiger partial charge in [0.25, 0.3) is 0 Å². The van der Waals surface area contributed by atoms with Crippen LogP contribution in [-0.4, -0.2) is 9.36 Å². The molecule has 0 spiro atoms. The van der Waals surface area contributed by atoms with Crippen molar-refractivity contribution in [1.29, 1.82) is 0 Å². The molecule has 1 fully saturated rings. The van der Waals surface area contributed by atoms with Crippen LogP contribution < -0.4 is 0 Å². The third-order valence-electron chi connectivity index (χ3n) is 2.93. The molecule has 0 N–H and O–H groups in total. The zero-order valence-electron chi connectivity index (χ0n) is 8.21. The summed E-state index contributed by atoms with van der Waals surface area (Å²) in [6.45, 7) is 0. The van der Waals surface area contributed by atoms with E-state index in [-0.39, 0.29) is 0 Å². The number of nitrogens with zero attached hydrogens (tertiary/aromatic N) is 2. The van der Waals surface area contributed by atoms with Crippen LogP contribution in [0.25, 0.3) is 0 Å². The molecule has 0 amide bonds. The number of aryl methyl sites for hydroxylation is 1. The maximum Gasteiger partial charge on any atom is 0.203 e. The molecule has 0 atom stereocenters. The fourth-order valence-corrected chi connectivity index (χ4v) is 3.45. The molecule has 0 radical (unpaired) electrons. The fraction of sp³-hybridized carbons (Fsp3) is 0.800. The number of rotatable bonds is 3. The molecule has 1 heterocycles. The maximum absolute atomic E-state index is 4.39. The second-order valence-corrected chi connectivity index (χ2v) is 5.80. The molecule has 0 unspecified atom stereocenters. The van der Waals surface area contributed by atoms with E-state index in [0.29, 0.717) is 0 Å². The Balaban J connectivity index is 1.76. The van der Waals surface area contributed by atoms with Gasteiger partial charge in [-0.3, -0.25) is 0 Å². The minimum absolute atomic E-state index is 0.909. The van der Waals surface area contributed by atoms with Gasteiger partial charge in [-0.15, -0.1) is 0 Å². The van der Waals surface area contributed by atoms with Crippen molar-refractivity contribution in [3.8, 4) is 0 Å². The summed E-state index contributed by atoms with van der Waals surface area (Å²) in [6, 6.07) is 0. The first kappa shape index (κ1) is 10.8. The highest BCUT2D eigenvalue weighted by molar-refractivity contribution is 14.1. The molecule has 1 aromatic rings. The first-order valence-corrected chi connectivity index (χ1v) is 7.18. The molecule has 2 nitrogen and oxygen atoms in total. The summed E-state index contributed by atoms with van der Waals surface area (Å²) in [7, 11) is 0. The van der Waals surface area contributed by atoms with E-state index in [2.05, 4.69) is 31.9 Å². The quantitative estimate of drug-likeness (QED) is 0.794. The predicted octanol–water partition coefficient (Wildman–Crippen LogP) is 3.66. The van der Waals surface area contributed by atoms with Crippen LogP contribution in [0.15, 0.2) is 0 Å². The second kappa shape index (κ2) is 5.39. The van der Waals surface area contributed by atoms with E-state index >= 15 is 0 Å². The zero-order valence-corrected chi connectivity index (χ0v) is 11.2. The molecule has 0 saturated heterocycles. The second-order valence-electron chi connectivity index (χ2n) is 4.00. The van der Waals surface area contributed by atoms with Gasteiger partial charge in [0.15, 0.2) is 0 Å². The first-order chi connectivity index (χ1) is 6.84. The van der Waals surface area contributed by atoms with Gasteiger partial charge in [0, 0.05) is 29.0 Å². The Hall–Kier alpha value is 0.290. The number of aromatic nitrogens is 2. The molecule has 0 aliphatic heterocycles. The summed E-state index contributed by atoms with van der Waals surface area (Å²) < 4.78 is 5.11. The molecule has 1 saturated carbocycles. The molecule has 1 aliphatic rings. The molecular weight excluding hydrogens is 307 g/mol. The Bertz CT molecular complexity index is 281. The van der Waals surface area contributed by atoms with Gasteiger partial charge in [-0.05, 0) is 23.9 Å². The van der Waals surface area contributed by atoms with Crippen molar-refractivity contribution < 1.29 is 0 Å². The van der Waals surface area contributed by atoms with Gasteiger partial charge < -0.3 is 0 Å². The summed E-state index contributed by atoms with van der Waals surface area (Å²) in [5.41, 5.74) is 0. The Morgan fingerprint density at radius 3 is 2.71 bits per heavy atom. The van der Waals surface area contributed by atoms with Crippen molar-refractivity contribution in [2.75, 3.05) is 0 Å². The molecule has 0 bridgehead atoms. The lowest BCUT2D eigenvalue weighted by molar-refractivity contribution is 0.339. The Kier molecular flexibility index (Phi) is 4.16. The van der Waals surface area contributed by atoms with Gasteiger partial charge in [0.05, 0.1) is 0 Å². The van der Waals surface area contributed by atoms with Gasteiger partial charge >= 0.3 is 0 Å². The van der Waals surface area contributed by atoms with E-state index in [1.54, 1.807) is 11.5 Å². The van der Waals surface area contributed by atoms with Crippen molar-refractivity contribution >= 4 is 34.1 Å². The number of hydrogen-bond donors (Lipinski definition) is 0. The van der Waals surface area contributed by atoms with Crippen LogP contribution in [0.2, 0.25) is 0 Å². The molecule has 78 valence electrons. The molecule has 14 heavy (non-hydrogen) atoms. The van der Waals surface area contributed by atoms with Crippen molar-refractivity contribution in [2.24, 2.45) is 5.92 Å². The van der Waals surface area contributed by atoms with Gasteiger partial charge in [-0.25, -0.2) is 4.98 Å². The summed E-state index contributed by atoms with van der Waals surface area (Å²) in [6.07, 6.45) is 9.69. The lowest BCUT2D eigenvalue weighted by Gasteiger charge is -2.20. The highest BCUT2D eigenvalue weighted by Gasteiger charge is 2.13. The lowest BCUT2D eigenvalue weighted by Crippen LogP contribution is -2.07. The Morgan fingerprint density at radius 1 is 1.29 bits per heavy atom. The molecule has 2 rings (SSSR count). The van der Waals surface area contributed by atoms with Crippen LogP contribution in [0.5, 0.6) is 0 Å². The summed E-state index contributed by atoms with van der Waals surface area (Å²) in [5, 5.41) is 1.22. The highest BCUT2D eigenvalue weighted by Crippen LogP contribution is 2.27. The third-order valence-corrected chi connectivity index (χ3v) is 4.51. The Morgan fingerprint density at radius 2 is 2.07 bits per heavy atom. The summed E-state index contributed by atoms with van der Waals surface area (Å²) in [4.78, 5) is 4.39. The van der Waals surface area contributed by atoms with Crippen LogP contribution >= 0.6 is 34.1 Å². The predicted molar refractivity (Wildman–Crippen MR) is 67.5 cm³/mol. The lowest BCUT2D eigenvalue weighted by atomic mass is 9.86. The van der Waals surface area contributed by atoms with Crippen LogP contribution in [0.3, 0.4) is 0 Å². The number of hydrogen-bond acceptors (Lipinski definition) is 3. The van der Waals surface area contributed by atoms with Crippen molar-refractivity contribution in [3.05, 3.63) is 8.84 Å². The first-order valence-electron chi connectivity index (χ1n) is 5.32. The Labute approximate surface area is 103 Å². The van der Waals surface area contributed by atoms with E-state index in [1.165, 1.54) is 43.5 Å². The standard InChI is InChI=1S/C10H15IN2S/c11-10-12-9(14-13-10)7-6-8-4-2-1-3-5-8/h8H,1-7H2. The van der Waals surface area contributed by atoms with Gasteiger partial charge in [0.1, 0.15) is 5.01 Å². The van der Waals surface area contributed by atoms with Crippen molar-refractivity contribution in [1.82, 2.24) is 9.36 Å². The van der Waals surface area contributed by atoms with E-state index in [1.807, 2.05) is 0 Å². The van der Waals surface area contributed by atoms with Gasteiger partial charge in [0.2, 0.25) is 3.83 Å². The normalized spacial score (nSPS) is 18.6. The van der Waals surface area contributed by atoms with Crippen molar-refractivity contribution in [2.45, 2.75) is 44.9 Å². The van der Waals surface area contributed by atoms with E-state index in [0.717, 1.165) is 16.2 Å². The van der Waals surface area contributed by atoms with Crippen LogP contribution in [-0.2, 0) is 6.42 Å². The third kappa shape index (κ3) is 3.15. The largest absolute Gasteiger partial charge is 0.215 e. The van der Waals surface area contributed by atoms with E-state index in [9.17, 15) is 0 Å². The van der Waals surface area contributed by atoms with Gasteiger partial charge in [-0.2, -0.15) is 4.37 Å². The summed E-state index contributed by atoms with van der Waals surface area (Å²) >= 11 is 3.75. The minimum Gasteiger partial charge on any atom is -0.215 e. The average molecular weight is 322 g/mol. The SMILES string of the molecule is Ic1nsc(CCC2CCCCC2)n1. The molecule has 1 aliphatic carbocycles. The van der Waals surface area contributed by atoms with E-state index in [4.69, 9.17) is 0 Å². The fourth-order valence-electron chi connectivity index (χ4n) is 2.14. The van der Waals surface area contributed by atoms with Crippen LogP contribution in [0, 0.1) is 9.75 Å². The zero-order chi connectivity index (χ0) is 9.80. The van der Waals surface area contributed by atoms with E-state index < -0.39 is 0 Å². The smallest absolute Gasteiger partial charge is 0.203 e. The monoisotopic (exact) mass is 322 g/mol. The molecule has 4 heteroatoms. The number of halogens is 1.